The summed E-state index contributed by atoms with van der Waals surface area (Å²) >= 11 is 0. The molecule has 20 heavy (non-hydrogen) atoms. The molecule has 0 bridgehead atoms. The summed E-state index contributed by atoms with van der Waals surface area (Å²) in [6, 6.07) is 6.05. The highest BCUT2D eigenvalue weighted by molar-refractivity contribution is 5.46. The van der Waals surface area contributed by atoms with Gasteiger partial charge in [0, 0.05) is 19.1 Å². The fraction of sp³-hybridized carbons (Fsp3) is 0.647. The zero-order valence-corrected chi connectivity index (χ0v) is 13.2. The summed E-state index contributed by atoms with van der Waals surface area (Å²) in [4.78, 5) is 0. The van der Waals surface area contributed by atoms with E-state index in [-0.39, 0.29) is 11.2 Å². The Balaban J connectivity index is 2.13. The maximum Gasteiger partial charge on any atom is 0.129 e. The Bertz CT molecular complexity index is 477. The molecule has 2 rings (SSSR count). The van der Waals surface area contributed by atoms with Gasteiger partial charge in [0.15, 0.2) is 0 Å². The van der Waals surface area contributed by atoms with Crippen molar-refractivity contribution in [2.45, 2.75) is 64.3 Å². The number of fused-ring (bicyclic) bond motifs is 1. The smallest absolute Gasteiger partial charge is 0.129 e. The van der Waals surface area contributed by atoms with Crippen molar-refractivity contribution >= 4 is 0 Å². The Morgan fingerprint density at radius 1 is 1.40 bits per heavy atom. The summed E-state index contributed by atoms with van der Waals surface area (Å²) in [6.45, 7) is 8.23. The largest absolute Gasteiger partial charge is 0.487 e. The van der Waals surface area contributed by atoms with Crippen LogP contribution in [0.1, 0.15) is 57.8 Å². The topological polar surface area (TPSA) is 38.7 Å². The summed E-state index contributed by atoms with van der Waals surface area (Å²) in [6.07, 6.45) is 1.86. The molecule has 1 aromatic carbocycles. The molecule has 0 saturated carbocycles. The molecule has 1 atom stereocenters. The van der Waals surface area contributed by atoms with Gasteiger partial charge < -0.3 is 14.6 Å². The monoisotopic (exact) mass is 278 g/mol. The number of para-hydroxylation sites is 1. The van der Waals surface area contributed by atoms with E-state index in [1.807, 2.05) is 26.0 Å². The second-order valence-electron chi connectivity index (χ2n) is 6.89. The highest BCUT2D eigenvalue weighted by atomic mass is 16.5. The normalized spacial score (nSPS) is 18.5. The minimum Gasteiger partial charge on any atom is -0.487 e. The van der Waals surface area contributed by atoms with Crippen LogP contribution in [-0.4, -0.2) is 23.4 Å². The summed E-state index contributed by atoms with van der Waals surface area (Å²) in [5.41, 5.74) is 1.71. The maximum atomic E-state index is 10.5. The van der Waals surface area contributed by atoms with Crippen LogP contribution in [0.25, 0.3) is 0 Å². The highest BCUT2D eigenvalue weighted by Crippen LogP contribution is 2.41. The molecule has 0 fully saturated rings. The van der Waals surface area contributed by atoms with E-state index in [1.165, 1.54) is 5.56 Å². The second-order valence-corrected chi connectivity index (χ2v) is 6.89. The fourth-order valence-electron chi connectivity index (χ4n) is 2.64. The van der Waals surface area contributed by atoms with Gasteiger partial charge in [-0.05, 0) is 46.1 Å². The number of methoxy groups -OCH3 is 1. The number of ether oxygens (including phenoxy) is 2. The van der Waals surface area contributed by atoms with E-state index in [9.17, 15) is 5.11 Å². The van der Waals surface area contributed by atoms with Crippen molar-refractivity contribution in [2.24, 2.45) is 0 Å². The number of rotatable bonds is 5. The van der Waals surface area contributed by atoms with Gasteiger partial charge in [-0.15, -0.1) is 0 Å². The van der Waals surface area contributed by atoms with Crippen molar-refractivity contribution in [3.05, 3.63) is 29.3 Å². The predicted molar refractivity (Wildman–Crippen MR) is 80.1 cm³/mol. The Kier molecular flexibility index (Phi) is 4.12. The maximum absolute atomic E-state index is 10.5. The minimum absolute atomic E-state index is 0.177. The summed E-state index contributed by atoms with van der Waals surface area (Å²) < 4.78 is 11.4. The van der Waals surface area contributed by atoms with Gasteiger partial charge in [-0.3, -0.25) is 0 Å². The SMILES string of the molecule is COC(C)(C)CCC(O)c1cccc2c1OC(C)(C)C2. The molecule has 1 aromatic rings. The van der Waals surface area contributed by atoms with Crippen LogP contribution < -0.4 is 4.74 Å². The third-order valence-corrected chi connectivity index (χ3v) is 4.05. The van der Waals surface area contributed by atoms with Crippen molar-refractivity contribution < 1.29 is 14.6 Å². The number of hydrogen-bond acceptors (Lipinski definition) is 3. The number of aliphatic hydroxyl groups is 1. The van der Waals surface area contributed by atoms with E-state index in [1.54, 1.807) is 7.11 Å². The molecule has 112 valence electrons. The summed E-state index contributed by atoms with van der Waals surface area (Å²) in [5, 5.41) is 10.5. The zero-order chi connectivity index (χ0) is 15.0. The lowest BCUT2D eigenvalue weighted by Gasteiger charge is -2.25. The van der Waals surface area contributed by atoms with Crippen molar-refractivity contribution in [3.8, 4) is 5.75 Å². The predicted octanol–water partition coefficient (Wildman–Crippen LogP) is 3.64. The highest BCUT2D eigenvalue weighted by Gasteiger charge is 2.33. The number of hydrogen-bond donors (Lipinski definition) is 1. The van der Waals surface area contributed by atoms with E-state index in [2.05, 4.69) is 19.9 Å². The Labute approximate surface area is 121 Å². The molecule has 0 aliphatic carbocycles. The molecule has 1 heterocycles. The van der Waals surface area contributed by atoms with Crippen LogP contribution in [0.15, 0.2) is 18.2 Å². The van der Waals surface area contributed by atoms with Gasteiger partial charge in [0.25, 0.3) is 0 Å². The van der Waals surface area contributed by atoms with E-state index >= 15 is 0 Å². The van der Waals surface area contributed by atoms with Gasteiger partial charge >= 0.3 is 0 Å². The van der Waals surface area contributed by atoms with Crippen molar-refractivity contribution in [1.29, 1.82) is 0 Å². The lowest BCUT2D eigenvalue weighted by atomic mass is 9.94. The molecule has 1 unspecified atom stereocenters. The first-order chi connectivity index (χ1) is 9.24. The first-order valence-corrected chi connectivity index (χ1v) is 7.28. The van der Waals surface area contributed by atoms with Crippen LogP contribution in [0.5, 0.6) is 5.75 Å². The third kappa shape index (κ3) is 3.33. The molecule has 1 N–H and O–H groups in total. The van der Waals surface area contributed by atoms with Crippen LogP contribution in [0.4, 0.5) is 0 Å². The van der Waals surface area contributed by atoms with Crippen LogP contribution in [0.3, 0.4) is 0 Å². The van der Waals surface area contributed by atoms with Gasteiger partial charge in [0.1, 0.15) is 11.4 Å². The minimum atomic E-state index is -0.506. The average molecular weight is 278 g/mol. The molecular formula is C17H26O3. The number of benzene rings is 1. The quantitative estimate of drug-likeness (QED) is 0.893. The van der Waals surface area contributed by atoms with Crippen LogP contribution in [0.2, 0.25) is 0 Å². The van der Waals surface area contributed by atoms with Crippen LogP contribution >= 0.6 is 0 Å². The molecule has 3 heteroatoms. The Hall–Kier alpha value is -1.06. The van der Waals surface area contributed by atoms with Gasteiger partial charge in [-0.2, -0.15) is 0 Å². The van der Waals surface area contributed by atoms with E-state index < -0.39 is 6.10 Å². The molecular weight excluding hydrogens is 252 g/mol. The van der Waals surface area contributed by atoms with Gasteiger partial charge in [0.05, 0.1) is 11.7 Å². The zero-order valence-electron chi connectivity index (χ0n) is 13.2. The molecule has 0 radical (unpaired) electrons. The first kappa shape index (κ1) is 15.3. The lowest BCUT2D eigenvalue weighted by molar-refractivity contribution is 0.00235. The van der Waals surface area contributed by atoms with E-state index in [0.29, 0.717) is 6.42 Å². The van der Waals surface area contributed by atoms with Crippen molar-refractivity contribution in [1.82, 2.24) is 0 Å². The lowest BCUT2D eigenvalue weighted by Crippen LogP contribution is -2.25. The van der Waals surface area contributed by atoms with Crippen LogP contribution in [-0.2, 0) is 11.2 Å². The van der Waals surface area contributed by atoms with Crippen LogP contribution in [0, 0.1) is 0 Å². The molecule has 1 aliphatic rings. The Morgan fingerprint density at radius 2 is 2.10 bits per heavy atom. The first-order valence-electron chi connectivity index (χ1n) is 7.28. The van der Waals surface area contributed by atoms with E-state index in [4.69, 9.17) is 9.47 Å². The van der Waals surface area contributed by atoms with Gasteiger partial charge in [-0.25, -0.2) is 0 Å². The summed E-state index contributed by atoms with van der Waals surface area (Å²) in [5.74, 6) is 0.875. The molecule has 1 aliphatic heterocycles. The van der Waals surface area contributed by atoms with Gasteiger partial charge in [0.2, 0.25) is 0 Å². The molecule has 0 aromatic heterocycles. The molecule has 0 spiro atoms. The Morgan fingerprint density at radius 3 is 2.75 bits per heavy atom. The number of aliphatic hydroxyl groups excluding tert-OH is 1. The van der Waals surface area contributed by atoms with Crippen molar-refractivity contribution in [3.63, 3.8) is 0 Å². The van der Waals surface area contributed by atoms with Gasteiger partial charge in [-0.1, -0.05) is 18.2 Å². The summed E-state index contributed by atoms with van der Waals surface area (Å²) in [7, 11) is 1.71. The second kappa shape index (κ2) is 5.38. The molecule has 0 amide bonds. The average Bonchev–Trinajstić information content (AvgIpc) is 2.69. The standard InChI is InChI=1S/C17H26O3/c1-16(2,19-5)10-9-14(18)13-8-6-7-12-11-17(3,4)20-15(12)13/h6-8,14,18H,9-11H2,1-5H3. The van der Waals surface area contributed by atoms with E-state index in [0.717, 1.165) is 24.2 Å². The fourth-order valence-corrected chi connectivity index (χ4v) is 2.64. The molecule has 0 saturated heterocycles. The third-order valence-electron chi connectivity index (χ3n) is 4.05. The molecule has 3 nitrogen and oxygen atoms in total. The van der Waals surface area contributed by atoms with Crippen molar-refractivity contribution in [2.75, 3.05) is 7.11 Å².